The average molecular weight is 385 g/mol. The van der Waals surface area contributed by atoms with E-state index in [4.69, 9.17) is 4.18 Å². The van der Waals surface area contributed by atoms with Crippen LogP contribution in [-0.4, -0.2) is 28.2 Å². The fraction of sp³-hybridized carbons (Fsp3) is 0.250. The molecule has 0 fully saturated rings. The largest absolute Gasteiger partial charge is 0.508 e. The standard InChI is InChI=1S/C16H19NO6S2/c1-11(2)15-10-13(6-9-16(15)18)23-25(21,22)14-7-4-12(5-8-14)17-24(3,19)20/h4-11,17-18H,1-3H3. The van der Waals surface area contributed by atoms with Gasteiger partial charge in [0.25, 0.3) is 0 Å². The second-order valence-electron chi connectivity index (χ2n) is 5.81. The van der Waals surface area contributed by atoms with Crippen molar-refractivity contribution in [1.29, 1.82) is 0 Å². The number of sulfonamides is 1. The van der Waals surface area contributed by atoms with Crippen LogP contribution in [0.25, 0.3) is 0 Å². The number of aromatic hydroxyl groups is 1. The van der Waals surface area contributed by atoms with Crippen LogP contribution in [0, 0.1) is 0 Å². The van der Waals surface area contributed by atoms with E-state index in [-0.39, 0.29) is 28.0 Å². The van der Waals surface area contributed by atoms with Gasteiger partial charge < -0.3 is 9.29 Å². The van der Waals surface area contributed by atoms with Gasteiger partial charge in [-0.05, 0) is 48.4 Å². The number of hydrogen-bond donors (Lipinski definition) is 2. The second-order valence-corrected chi connectivity index (χ2v) is 9.11. The minimum atomic E-state index is -4.09. The number of anilines is 1. The van der Waals surface area contributed by atoms with E-state index in [1.807, 2.05) is 13.8 Å². The molecule has 0 bridgehead atoms. The summed E-state index contributed by atoms with van der Waals surface area (Å²) in [4.78, 5) is -0.120. The van der Waals surface area contributed by atoms with Crippen molar-refractivity contribution in [2.24, 2.45) is 0 Å². The van der Waals surface area contributed by atoms with Gasteiger partial charge in [-0.15, -0.1) is 0 Å². The van der Waals surface area contributed by atoms with Crippen molar-refractivity contribution in [2.75, 3.05) is 11.0 Å². The van der Waals surface area contributed by atoms with E-state index in [9.17, 15) is 21.9 Å². The molecule has 9 heteroatoms. The van der Waals surface area contributed by atoms with E-state index in [1.165, 1.54) is 42.5 Å². The number of hydrogen-bond acceptors (Lipinski definition) is 6. The van der Waals surface area contributed by atoms with Crippen LogP contribution in [0.5, 0.6) is 11.5 Å². The molecular weight excluding hydrogens is 366 g/mol. The lowest BCUT2D eigenvalue weighted by atomic mass is 10.0. The Bertz CT molecular complexity index is 964. The highest BCUT2D eigenvalue weighted by Crippen LogP contribution is 2.30. The third-order valence-electron chi connectivity index (χ3n) is 3.27. The topological polar surface area (TPSA) is 110 Å². The van der Waals surface area contributed by atoms with Crippen LogP contribution in [-0.2, 0) is 20.1 Å². The molecule has 0 atom stereocenters. The van der Waals surface area contributed by atoms with Gasteiger partial charge in [0, 0.05) is 11.3 Å². The first-order valence-corrected chi connectivity index (χ1v) is 10.6. The van der Waals surface area contributed by atoms with Crippen LogP contribution in [0.3, 0.4) is 0 Å². The Balaban J connectivity index is 2.26. The third kappa shape index (κ3) is 5.10. The van der Waals surface area contributed by atoms with Crippen LogP contribution in [0.4, 0.5) is 5.69 Å². The molecule has 0 unspecified atom stereocenters. The maximum atomic E-state index is 12.3. The summed E-state index contributed by atoms with van der Waals surface area (Å²) in [5, 5.41) is 9.78. The Morgan fingerprint density at radius 3 is 2.12 bits per heavy atom. The molecule has 0 radical (unpaired) electrons. The molecule has 0 saturated carbocycles. The van der Waals surface area contributed by atoms with E-state index in [0.29, 0.717) is 5.56 Å². The quantitative estimate of drug-likeness (QED) is 0.740. The van der Waals surface area contributed by atoms with Gasteiger partial charge in [0.2, 0.25) is 10.0 Å². The number of phenols is 1. The predicted molar refractivity (Wildman–Crippen MR) is 94.9 cm³/mol. The minimum absolute atomic E-state index is 0.00685. The minimum Gasteiger partial charge on any atom is -0.508 e. The van der Waals surface area contributed by atoms with E-state index in [2.05, 4.69) is 4.72 Å². The highest BCUT2D eigenvalue weighted by atomic mass is 32.2. The second kappa shape index (κ2) is 6.93. The molecule has 0 aliphatic heterocycles. The Morgan fingerprint density at radius 2 is 1.60 bits per heavy atom. The SMILES string of the molecule is CC(C)c1cc(OS(=O)(=O)c2ccc(NS(C)(=O)=O)cc2)ccc1O. The summed E-state index contributed by atoms with van der Waals surface area (Å²) < 4.78 is 54.4. The zero-order valence-corrected chi connectivity index (χ0v) is 15.6. The van der Waals surface area contributed by atoms with E-state index >= 15 is 0 Å². The van der Waals surface area contributed by atoms with Gasteiger partial charge in [0.15, 0.2) is 0 Å². The Hall–Kier alpha value is -2.26. The molecule has 0 aliphatic carbocycles. The summed E-state index contributed by atoms with van der Waals surface area (Å²) >= 11 is 0. The zero-order valence-electron chi connectivity index (χ0n) is 13.9. The average Bonchev–Trinajstić information content (AvgIpc) is 2.47. The maximum Gasteiger partial charge on any atom is 0.339 e. The lowest BCUT2D eigenvalue weighted by Gasteiger charge is -2.12. The maximum absolute atomic E-state index is 12.3. The van der Waals surface area contributed by atoms with Crippen molar-refractivity contribution >= 4 is 25.8 Å². The van der Waals surface area contributed by atoms with Crippen molar-refractivity contribution in [3.63, 3.8) is 0 Å². The van der Waals surface area contributed by atoms with Crippen molar-refractivity contribution in [2.45, 2.75) is 24.7 Å². The molecule has 0 aliphatic rings. The van der Waals surface area contributed by atoms with Gasteiger partial charge in [-0.3, -0.25) is 4.72 Å². The third-order valence-corrected chi connectivity index (χ3v) is 5.14. The van der Waals surface area contributed by atoms with Crippen LogP contribution in [0.15, 0.2) is 47.4 Å². The fourth-order valence-electron chi connectivity index (χ4n) is 2.13. The summed E-state index contributed by atoms with van der Waals surface area (Å²) in [5.41, 5.74) is 0.813. The summed E-state index contributed by atoms with van der Waals surface area (Å²) in [6, 6.07) is 9.34. The molecule has 0 amide bonds. The molecule has 7 nitrogen and oxygen atoms in total. The van der Waals surface area contributed by atoms with Gasteiger partial charge in [-0.1, -0.05) is 13.8 Å². The summed E-state index contributed by atoms with van der Waals surface area (Å²) in [6.07, 6.45) is 0.998. The number of benzene rings is 2. The van der Waals surface area contributed by atoms with Crippen LogP contribution in [0.2, 0.25) is 0 Å². The van der Waals surface area contributed by atoms with Gasteiger partial charge in [0.05, 0.1) is 6.26 Å². The number of rotatable bonds is 6. The summed E-state index contributed by atoms with van der Waals surface area (Å²) in [6.45, 7) is 3.72. The van der Waals surface area contributed by atoms with Gasteiger partial charge in [-0.2, -0.15) is 8.42 Å². The highest BCUT2D eigenvalue weighted by molar-refractivity contribution is 7.92. The van der Waals surface area contributed by atoms with Gasteiger partial charge >= 0.3 is 10.1 Å². The Labute approximate surface area is 147 Å². The lowest BCUT2D eigenvalue weighted by Crippen LogP contribution is -2.11. The number of nitrogens with one attached hydrogen (secondary N) is 1. The van der Waals surface area contributed by atoms with Crippen molar-refractivity contribution in [1.82, 2.24) is 0 Å². The Kier molecular flexibility index (Phi) is 5.28. The molecule has 25 heavy (non-hydrogen) atoms. The van der Waals surface area contributed by atoms with Gasteiger partial charge in [0.1, 0.15) is 16.4 Å². The molecule has 0 heterocycles. The first kappa shape index (κ1) is 19.1. The molecule has 2 rings (SSSR count). The van der Waals surface area contributed by atoms with E-state index in [1.54, 1.807) is 0 Å². The number of phenolic OH excluding ortho intramolecular Hbond substituents is 1. The highest BCUT2D eigenvalue weighted by Gasteiger charge is 2.18. The molecule has 2 N–H and O–H groups in total. The molecule has 0 aromatic heterocycles. The van der Waals surface area contributed by atoms with Crippen LogP contribution in [0.1, 0.15) is 25.3 Å². The lowest BCUT2D eigenvalue weighted by molar-refractivity contribution is 0.459. The molecule has 0 saturated heterocycles. The molecule has 136 valence electrons. The predicted octanol–water partition coefficient (Wildman–Crippen LogP) is 2.65. The smallest absolute Gasteiger partial charge is 0.339 e. The van der Waals surface area contributed by atoms with Crippen molar-refractivity contribution < 1.29 is 26.1 Å². The van der Waals surface area contributed by atoms with Crippen LogP contribution >= 0.6 is 0 Å². The fourth-order valence-corrected chi connectivity index (χ4v) is 3.61. The van der Waals surface area contributed by atoms with E-state index < -0.39 is 20.1 Å². The van der Waals surface area contributed by atoms with Crippen molar-refractivity contribution in [3.05, 3.63) is 48.0 Å². The summed E-state index contributed by atoms with van der Waals surface area (Å²) in [7, 11) is -7.53. The monoisotopic (exact) mass is 385 g/mol. The Morgan fingerprint density at radius 1 is 1.00 bits per heavy atom. The molecule has 2 aromatic rings. The first-order valence-electron chi connectivity index (χ1n) is 7.33. The molecular formula is C16H19NO6S2. The van der Waals surface area contributed by atoms with Crippen LogP contribution < -0.4 is 8.91 Å². The molecule has 2 aromatic carbocycles. The van der Waals surface area contributed by atoms with Gasteiger partial charge in [-0.25, -0.2) is 8.42 Å². The first-order chi connectivity index (χ1) is 11.5. The molecule has 0 spiro atoms. The summed E-state index contributed by atoms with van der Waals surface area (Å²) in [5.74, 6) is 0.142. The van der Waals surface area contributed by atoms with Crippen molar-refractivity contribution in [3.8, 4) is 11.5 Å². The van der Waals surface area contributed by atoms with E-state index in [0.717, 1.165) is 6.26 Å². The zero-order chi connectivity index (χ0) is 18.8. The normalized spacial score (nSPS) is 12.2.